The number of hydrogen-bond donors (Lipinski definition) is 3. The minimum absolute atomic E-state index is 0.0741. The van der Waals surface area contributed by atoms with Crippen molar-refractivity contribution >= 4 is 62.5 Å². The van der Waals surface area contributed by atoms with Crippen LogP contribution in [0.5, 0.6) is 0 Å². The van der Waals surface area contributed by atoms with Crippen molar-refractivity contribution in [3.63, 3.8) is 0 Å². The van der Waals surface area contributed by atoms with Gasteiger partial charge in [0, 0.05) is 21.4 Å². The van der Waals surface area contributed by atoms with E-state index >= 15 is 0 Å². The van der Waals surface area contributed by atoms with Crippen molar-refractivity contribution in [2.75, 3.05) is 5.75 Å². The number of carboxylic acid groups (broad SMARTS) is 1. The highest BCUT2D eigenvalue weighted by Crippen LogP contribution is 2.53. The summed E-state index contributed by atoms with van der Waals surface area (Å²) in [7, 11) is -4.00. The number of halogens is 1. The maximum Gasteiger partial charge on any atom is 0.303 e. The van der Waals surface area contributed by atoms with E-state index in [9.17, 15) is 23.4 Å². The first-order valence-electron chi connectivity index (χ1n) is 16.7. The second-order valence-electron chi connectivity index (χ2n) is 13.5. The van der Waals surface area contributed by atoms with Gasteiger partial charge in [-0.05, 0) is 104 Å². The van der Waals surface area contributed by atoms with Gasteiger partial charge in [0.25, 0.3) is 10.1 Å². The first-order chi connectivity index (χ1) is 24.2. The van der Waals surface area contributed by atoms with E-state index in [-0.39, 0.29) is 22.0 Å². The van der Waals surface area contributed by atoms with Gasteiger partial charge in [-0.2, -0.15) is 20.2 Å². The number of aromatic nitrogens is 1. The number of aliphatic carboxylic acids is 1. The van der Waals surface area contributed by atoms with Crippen LogP contribution in [0.15, 0.2) is 114 Å². The van der Waals surface area contributed by atoms with Crippen LogP contribution < -0.4 is 0 Å². The number of nitrogens with zero attached hydrogens (tertiary/aromatic N) is 1. The van der Waals surface area contributed by atoms with E-state index in [1.165, 1.54) is 17.7 Å². The zero-order valence-electron chi connectivity index (χ0n) is 28.6. The molecule has 1 saturated carbocycles. The highest BCUT2D eigenvalue weighted by molar-refractivity contribution is 7.99. The number of carboxylic acids is 1. The smallest absolute Gasteiger partial charge is 0.303 e. The highest BCUT2D eigenvalue weighted by Gasteiger charge is 2.44. The van der Waals surface area contributed by atoms with E-state index in [0.717, 1.165) is 64.7 Å². The Balaban J connectivity index is 0.000000435. The van der Waals surface area contributed by atoms with E-state index in [4.69, 9.17) is 21.1 Å². The predicted octanol–water partition coefficient (Wildman–Crippen LogP) is 9.88. The molecule has 0 spiro atoms. The fraction of sp³-hybridized carbons (Fsp3) is 0.268. The molecule has 266 valence electrons. The number of aryl methyl sites for hydroxylation is 1. The molecule has 1 atom stereocenters. The van der Waals surface area contributed by atoms with Gasteiger partial charge in [-0.1, -0.05) is 96.5 Å². The number of aliphatic hydroxyl groups is 1. The quantitative estimate of drug-likeness (QED) is 0.102. The first-order valence-corrected chi connectivity index (χ1v) is 19.6. The summed E-state index contributed by atoms with van der Waals surface area (Å²) in [6.07, 6.45) is 8.02. The summed E-state index contributed by atoms with van der Waals surface area (Å²) in [5.74, 6) is 0.122. The van der Waals surface area contributed by atoms with E-state index in [1.54, 1.807) is 18.2 Å². The molecular weight excluding hydrogens is 702 g/mol. The zero-order chi connectivity index (χ0) is 36.6. The van der Waals surface area contributed by atoms with Gasteiger partial charge in [-0.15, -0.1) is 0 Å². The molecule has 0 amide bonds. The van der Waals surface area contributed by atoms with Crippen LogP contribution in [0.25, 0.3) is 23.1 Å². The van der Waals surface area contributed by atoms with Gasteiger partial charge in [0.05, 0.1) is 28.1 Å². The van der Waals surface area contributed by atoms with Gasteiger partial charge < -0.3 is 10.2 Å². The van der Waals surface area contributed by atoms with Gasteiger partial charge in [0.2, 0.25) is 0 Å². The van der Waals surface area contributed by atoms with Crippen LogP contribution in [0.3, 0.4) is 0 Å². The molecule has 1 aliphatic rings. The average Bonchev–Trinajstić information content (AvgIpc) is 3.85. The Bertz CT molecular complexity index is 2110. The standard InChI is InChI=1S/C35H36ClNO3S.C6H6O3S/c1-34(2,40)30-9-4-3-7-25(30)13-17-32(41-23-35(18-19-35)22-33(38)39)27-8-5-6-24(20-27)10-15-29-16-12-26-11-14-28(36)21-31(26)37-29;7-10(8,9)6-4-2-1-3-5-6/h3-12,14-16,20-21,32,40H,13,17-19,22-23H2,1-2H3,(H,38,39);1-5H,(H,7,8,9)/b15-10+;/t32-;/m1./s1. The molecule has 1 aliphatic carbocycles. The van der Waals surface area contributed by atoms with Gasteiger partial charge in [-0.3, -0.25) is 9.35 Å². The second-order valence-corrected chi connectivity index (χ2v) is 16.5. The van der Waals surface area contributed by atoms with Crippen LogP contribution in [0.4, 0.5) is 0 Å². The van der Waals surface area contributed by atoms with Gasteiger partial charge in [0.15, 0.2) is 0 Å². The number of thioether (sulfide) groups is 1. The number of hydrogen-bond acceptors (Lipinski definition) is 6. The predicted molar refractivity (Wildman–Crippen MR) is 208 cm³/mol. The molecule has 7 nitrogen and oxygen atoms in total. The maximum absolute atomic E-state index is 11.5. The van der Waals surface area contributed by atoms with Crippen LogP contribution in [0.2, 0.25) is 5.02 Å². The molecule has 6 rings (SSSR count). The Hall–Kier alpha value is -3.99. The summed E-state index contributed by atoms with van der Waals surface area (Å²) in [5, 5.41) is 22.1. The zero-order valence-corrected chi connectivity index (χ0v) is 31.0. The van der Waals surface area contributed by atoms with Gasteiger partial charge >= 0.3 is 5.97 Å². The fourth-order valence-electron chi connectivity index (χ4n) is 5.95. The third kappa shape index (κ3) is 11.2. The molecule has 1 fully saturated rings. The van der Waals surface area contributed by atoms with Crippen molar-refractivity contribution in [1.29, 1.82) is 0 Å². The van der Waals surface area contributed by atoms with Crippen molar-refractivity contribution in [2.45, 2.75) is 61.7 Å². The SMILES string of the molecule is CC(C)(O)c1ccccc1CC[C@@H](SCC1(CC(=O)O)CC1)c1cccc(/C=C/c2ccc3ccc(Cl)cc3n2)c1.O=S(=O)(O)c1ccccc1. The molecule has 1 aromatic heterocycles. The largest absolute Gasteiger partial charge is 0.481 e. The van der Waals surface area contributed by atoms with Crippen LogP contribution in [0.1, 0.15) is 72.7 Å². The Kier molecular flexibility index (Phi) is 12.4. The van der Waals surface area contributed by atoms with E-state index in [2.05, 4.69) is 42.5 Å². The summed E-state index contributed by atoms with van der Waals surface area (Å²) in [6, 6.07) is 33.9. The number of fused-ring (bicyclic) bond motifs is 1. The summed E-state index contributed by atoms with van der Waals surface area (Å²) >= 11 is 8.04. The van der Waals surface area contributed by atoms with E-state index < -0.39 is 21.7 Å². The number of pyridine rings is 1. The third-order valence-corrected chi connectivity index (χ3v) is 11.7. The molecule has 0 aliphatic heterocycles. The Morgan fingerprint density at radius 1 is 0.941 bits per heavy atom. The molecule has 4 aromatic carbocycles. The molecule has 0 radical (unpaired) electrons. The fourth-order valence-corrected chi connectivity index (χ4v) is 8.19. The Labute approximate surface area is 309 Å². The monoisotopic (exact) mass is 743 g/mol. The number of benzene rings is 4. The minimum Gasteiger partial charge on any atom is -0.481 e. The lowest BCUT2D eigenvalue weighted by molar-refractivity contribution is -0.138. The molecule has 51 heavy (non-hydrogen) atoms. The van der Waals surface area contributed by atoms with Gasteiger partial charge in [0.1, 0.15) is 0 Å². The van der Waals surface area contributed by atoms with Crippen molar-refractivity contribution in [3.05, 3.63) is 142 Å². The van der Waals surface area contributed by atoms with Crippen molar-refractivity contribution in [2.24, 2.45) is 5.41 Å². The molecular formula is C41H42ClNO6S2. The van der Waals surface area contributed by atoms with E-state index in [0.29, 0.717) is 5.02 Å². The Morgan fingerprint density at radius 2 is 1.65 bits per heavy atom. The maximum atomic E-state index is 11.5. The molecule has 0 bridgehead atoms. The number of carbonyl (C=O) groups is 1. The minimum atomic E-state index is -4.00. The molecule has 5 aromatic rings. The third-order valence-electron chi connectivity index (χ3n) is 8.87. The lowest BCUT2D eigenvalue weighted by Gasteiger charge is -2.24. The van der Waals surface area contributed by atoms with Crippen molar-refractivity contribution in [1.82, 2.24) is 4.98 Å². The number of rotatable bonds is 13. The summed E-state index contributed by atoms with van der Waals surface area (Å²) < 4.78 is 29.2. The molecule has 10 heteroatoms. The van der Waals surface area contributed by atoms with Gasteiger partial charge in [-0.25, -0.2) is 4.98 Å². The van der Waals surface area contributed by atoms with E-state index in [1.807, 2.05) is 74.1 Å². The molecule has 3 N–H and O–H groups in total. The highest BCUT2D eigenvalue weighted by atomic mass is 35.5. The Morgan fingerprint density at radius 3 is 2.31 bits per heavy atom. The van der Waals surface area contributed by atoms with Crippen LogP contribution in [-0.2, 0) is 26.9 Å². The average molecular weight is 744 g/mol. The lowest BCUT2D eigenvalue weighted by atomic mass is 9.90. The first kappa shape index (κ1) is 38.2. The topological polar surface area (TPSA) is 125 Å². The van der Waals surface area contributed by atoms with Crippen molar-refractivity contribution < 1.29 is 28.0 Å². The summed E-state index contributed by atoms with van der Waals surface area (Å²) in [5.41, 5.74) is 5.15. The van der Waals surface area contributed by atoms with Crippen LogP contribution in [0, 0.1) is 5.41 Å². The molecule has 0 unspecified atom stereocenters. The van der Waals surface area contributed by atoms with Crippen molar-refractivity contribution in [3.8, 4) is 0 Å². The summed E-state index contributed by atoms with van der Waals surface area (Å²) in [4.78, 5) is 16.2. The molecule has 0 saturated heterocycles. The van der Waals surface area contributed by atoms with Crippen LogP contribution >= 0.6 is 23.4 Å². The lowest BCUT2D eigenvalue weighted by Crippen LogP contribution is -2.18. The van der Waals surface area contributed by atoms with Crippen LogP contribution in [-0.4, -0.2) is 39.9 Å². The molecule has 1 heterocycles. The summed E-state index contributed by atoms with van der Waals surface area (Å²) in [6.45, 7) is 3.66. The normalized spacial score (nSPS) is 14.5. The second kappa shape index (κ2) is 16.6.